The van der Waals surface area contributed by atoms with Crippen LogP contribution < -0.4 is 10.6 Å². The van der Waals surface area contributed by atoms with Gasteiger partial charge in [0.2, 0.25) is 11.8 Å². The van der Waals surface area contributed by atoms with Crippen molar-refractivity contribution in [3.05, 3.63) is 41.3 Å². The second-order valence-electron chi connectivity index (χ2n) is 9.71. The number of halogens is 5. The van der Waals surface area contributed by atoms with E-state index in [1.165, 1.54) is 16.9 Å². The van der Waals surface area contributed by atoms with E-state index in [4.69, 9.17) is 0 Å². The summed E-state index contributed by atoms with van der Waals surface area (Å²) in [5.41, 5.74) is -1.57. The van der Waals surface area contributed by atoms with Crippen LogP contribution in [0.4, 0.5) is 22.0 Å². The quantitative estimate of drug-likeness (QED) is 0.458. The molecule has 1 saturated heterocycles. The Hall–Kier alpha value is -3.65. The number of amides is 2. The second kappa shape index (κ2) is 9.91. The fraction of sp³-hybridized carbons (Fsp3) is 0.565. The van der Waals surface area contributed by atoms with Gasteiger partial charge in [-0.15, -0.1) is 0 Å². The van der Waals surface area contributed by atoms with Crippen molar-refractivity contribution >= 4 is 17.6 Å². The van der Waals surface area contributed by atoms with Crippen molar-refractivity contribution in [2.45, 2.75) is 63.1 Å². The lowest BCUT2D eigenvalue weighted by Crippen LogP contribution is -2.37. The number of hydrogen-bond donors (Lipinski definition) is 2. The number of carbonyl (C=O) groups is 2. The molecule has 1 saturated carbocycles. The lowest BCUT2D eigenvalue weighted by Gasteiger charge is -2.33. The van der Waals surface area contributed by atoms with Gasteiger partial charge in [0.05, 0.1) is 29.8 Å². The smallest absolute Gasteiger partial charge is 0.363 e. The summed E-state index contributed by atoms with van der Waals surface area (Å²) in [5.74, 6) is -4.66. The van der Waals surface area contributed by atoms with E-state index < -0.39 is 54.1 Å². The minimum Gasteiger partial charge on any atom is -0.363 e. The van der Waals surface area contributed by atoms with E-state index in [1.807, 2.05) is 0 Å². The number of nitrogens with one attached hydrogen (secondary N) is 2. The molecular formula is C23H24F5N7O3. The third-order valence-corrected chi connectivity index (χ3v) is 7.03. The summed E-state index contributed by atoms with van der Waals surface area (Å²) in [7, 11) is 0. The highest BCUT2D eigenvalue weighted by Crippen LogP contribution is 2.41. The first kappa shape index (κ1) is 26.0. The average molecular weight is 541 g/mol. The number of fused-ring (bicyclic) bond motifs is 1. The van der Waals surface area contributed by atoms with Crippen molar-refractivity contribution in [2.24, 2.45) is 11.8 Å². The number of hydrogen-bond acceptors (Lipinski definition) is 7. The largest absolute Gasteiger partial charge is 0.437 e. The summed E-state index contributed by atoms with van der Waals surface area (Å²) in [6, 6.07) is -0.995. The predicted octanol–water partition coefficient (Wildman–Crippen LogP) is 3.50. The Morgan fingerprint density at radius 2 is 2.03 bits per heavy atom. The molecule has 1 aliphatic heterocycles. The molecular weight excluding hydrogens is 517 g/mol. The number of nitrogens with zero attached hydrogens (tertiary/aromatic N) is 5. The van der Waals surface area contributed by atoms with Crippen LogP contribution in [0.5, 0.6) is 0 Å². The zero-order chi connectivity index (χ0) is 27.1. The molecule has 5 rings (SSSR count). The molecule has 2 unspecified atom stereocenters. The lowest BCUT2D eigenvalue weighted by atomic mass is 9.81. The maximum atomic E-state index is 13.8. The second-order valence-corrected chi connectivity index (χ2v) is 9.71. The lowest BCUT2D eigenvalue weighted by molar-refractivity contribution is -0.143. The van der Waals surface area contributed by atoms with Crippen molar-refractivity contribution < 1.29 is 36.1 Å². The third-order valence-electron chi connectivity index (χ3n) is 7.03. The number of aromatic nitrogens is 5. The normalized spacial score (nSPS) is 21.3. The fourth-order valence-electron chi connectivity index (χ4n) is 5.01. The summed E-state index contributed by atoms with van der Waals surface area (Å²) in [4.78, 5) is 33.6. The summed E-state index contributed by atoms with van der Waals surface area (Å²) in [6.07, 6.45) is -0.295. The summed E-state index contributed by atoms with van der Waals surface area (Å²) >= 11 is 0. The van der Waals surface area contributed by atoms with Gasteiger partial charge in [-0.25, -0.2) is 23.3 Å². The van der Waals surface area contributed by atoms with Crippen LogP contribution in [0.2, 0.25) is 0 Å². The van der Waals surface area contributed by atoms with Gasteiger partial charge in [-0.2, -0.15) is 18.3 Å². The Morgan fingerprint density at radius 1 is 1.26 bits per heavy atom. The molecule has 38 heavy (non-hydrogen) atoms. The van der Waals surface area contributed by atoms with Gasteiger partial charge >= 0.3 is 6.18 Å². The van der Waals surface area contributed by atoms with Crippen molar-refractivity contribution in [3.8, 4) is 0 Å². The van der Waals surface area contributed by atoms with Gasteiger partial charge < -0.3 is 15.2 Å². The Labute approximate surface area is 212 Å². The van der Waals surface area contributed by atoms with E-state index >= 15 is 0 Å². The van der Waals surface area contributed by atoms with E-state index in [9.17, 15) is 31.5 Å². The van der Waals surface area contributed by atoms with Gasteiger partial charge in [0.15, 0.2) is 5.69 Å². The average Bonchev–Trinajstić information content (AvgIpc) is 3.51. The Kier molecular flexibility index (Phi) is 6.77. The van der Waals surface area contributed by atoms with Gasteiger partial charge in [0.25, 0.3) is 11.7 Å². The first-order valence-corrected chi connectivity index (χ1v) is 12.2. The molecule has 2 fully saturated rings. The Morgan fingerprint density at radius 3 is 2.74 bits per heavy atom. The highest BCUT2D eigenvalue weighted by Gasteiger charge is 2.42. The van der Waals surface area contributed by atoms with Gasteiger partial charge in [-0.3, -0.25) is 9.59 Å². The molecule has 1 aliphatic carbocycles. The van der Waals surface area contributed by atoms with Gasteiger partial charge in [-0.1, -0.05) is 5.16 Å². The summed E-state index contributed by atoms with van der Waals surface area (Å²) in [5, 5.41) is 12.7. The predicted molar refractivity (Wildman–Crippen MR) is 119 cm³/mol. The maximum Gasteiger partial charge on any atom is 0.437 e. The molecule has 10 nitrogen and oxygen atoms in total. The third kappa shape index (κ3) is 5.45. The molecule has 4 heterocycles. The van der Waals surface area contributed by atoms with Crippen LogP contribution in [-0.4, -0.2) is 49.0 Å². The zero-order valence-corrected chi connectivity index (χ0v) is 20.0. The van der Waals surface area contributed by atoms with E-state index in [-0.39, 0.29) is 36.1 Å². The molecule has 0 aromatic carbocycles. The standard InChI is InChI=1S/C23H24F5N7O3/c24-22(25)5-3-12(4-6-22)17(32-20(37)15-11-38-34-18(15)23(26,27)28)16-10-35-21(31-16)30-9-14(33-35)8-13-2-1-7-29-19(13)36/h9-13,17H,1-8H2,(H,29,36)(H,32,37). The molecule has 204 valence electrons. The highest BCUT2D eigenvalue weighted by atomic mass is 19.4. The minimum atomic E-state index is -4.93. The molecule has 0 radical (unpaired) electrons. The first-order valence-electron chi connectivity index (χ1n) is 12.2. The molecule has 2 amide bonds. The van der Waals surface area contributed by atoms with E-state index in [1.54, 1.807) is 0 Å². The molecule has 3 aromatic heterocycles. The molecule has 0 bridgehead atoms. The number of imidazole rings is 1. The van der Waals surface area contributed by atoms with Crippen molar-refractivity contribution in [3.63, 3.8) is 0 Å². The van der Waals surface area contributed by atoms with Crippen LogP contribution in [0.3, 0.4) is 0 Å². The number of rotatable bonds is 6. The van der Waals surface area contributed by atoms with Crippen LogP contribution in [-0.2, 0) is 17.4 Å². The Bertz CT molecular complexity index is 1330. The molecule has 2 N–H and O–H groups in total. The highest BCUT2D eigenvalue weighted by molar-refractivity contribution is 5.95. The molecule has 2 atom stereocenters. The SMILES string of the molecule is O=C(NC(c1cn2nc(CC3CCCNC3=O)cnc2n1)C1CCC(F)(F)CC1)c1conc1C(F)(F)F. The van der Waals surface area contributed by atoms with Crippen LogP contribution in [0, 0.1) is 11.8 Å². The van der Waals surface area contributed by atoms with Crippen molar-refractivity contribution in [2.75, 3.05) is 6.54 Å². The molecule has 3 aromatic rings. The van der Waals surface area contributed by atoms with Gasteiger partial charge in [0, 0.05) is 31.7 Å². The van der Waals surface area contributed by atoms with Crippen molar-refractivity contribution in [1.29, 1.82) is 0 Å². The van der Waals surface area contributed by atoms with Crippen LogP contribution >= 0.6 is 0 Å². The summed E-state index contributed by atoms with van der Waals surface area (Å²) in [6.45, 7) is 0.629. The number of carbonyl (C=O) groups excluding carboxylic acids is 2. The topological polar surface area (TPSA) is 127 Å². The van der Waals surface area contributed by atoms with Crippen LogP contribution in [0.15, 0.2) is 23.2 Å². The molecule has 0 spiro atoms. The molecule has 15 heteroatoms. The first-order chi connectivity index (χ1) is 18.0. The van der Waals surface area contributed by atoms with E-state index in [0.29, 0.717) is 31.3 Å². The van der Waals surface area contributed by atoms with E-state index in [2.05, 4.69) is 35.4 Å². The van der Waals surface area contributed by atoms with E-state index in [0.717, 1.165) is 6.42 Å². The summed E-state index contributed by atoms with van der Waals surface area (Å²) < 4.78 is 73.2. The van der Waals surface area contributed by atoms with Crippen LogP contribution in [0.25, 0.3) is 5.78 Å². The van der Waals surface area contributed by atoms with Gasteiger partial charge in [-0.05, 0) is 31.6 Å². The number of piperidine rings is 1. The number of alkyl halides is 5. The minimum absolute atomic E-state index is 0.0183. The Balaban J connectivity index is 1.43. The van der Waals surface area contributed by atoms with Gasteiger partial charge in [0.1, 0.15) is 11.8 Å². The maximum absolute atomic E-state index is 13.8. The zero-order valence-electron chi connectivity index (χ0n) is 20.0. The molecule has 2 aliphatic rings. The monoisotopic (exact) mass is 541 g/mol. The van der Waals surface area contributed by atoms with Crippen molar-refractivity contribution in [1.82, 2.24) is 35.4 Å². The van der Waals surface area contributed by atoms with Crippen LogP contribution in [0.1, 0.15) is 72.0 Å². The fourth-order valence-corrected chi connectivity index (χ4v) is 5.01.